The molecule has 1 aromatic carbocycles. The van der Waals surface area contributed by atoms with Crippen molar-refractivity contribution in [3.63, 3.8) is 0 Å². The van der Waals surface area contributed by atoms with Crippen LogP contribution < -0.4 is 0 Å². The summed E-state index contributed by atoms with van der Waals surface area (Å²) in [6.45, 7) is 6.66. The van der Waals surface area contributed by atoms with Crippen LogP contribution in [0.4, 0.5) is 0 Å². The van der Waals surface area contributed by atoms with Crippen LogP contribution in [0.3, 0.4) is 0 Å². The Hall–Kier alpha value is -0.860. The fraction of sp³-hybridized carbons (Fsp3) is 0.647. The average molecular weight is 262 g/mol. The molecule has 19 heavy (non-hydrogen) atoms. The van der Waals surface area contributed by atoms with Gasteiger partial charge in [-0.2, -0.15) is 0 Å². The highest BCUT2D eigenvalue weighted by molar-refractivity contribution is 5.38. The average Bonchev–Trinajstić information content (AvgIpc) is 2.36. The zero-order valence-corrected chi connectivity index (χ0v) is 12.4. The predicted molar refractivity (Wildman–Crippen MR) is 78.4 cm³/mol. The molecule has 1 aliphatic carbocycles. The van der Waals surface area contributed by atoms with Gasteiger partial charge >= 0.3 is 0 Å². The minimum Gasteiger partial charge on any atom is -0.386 e. The van der Waals surface area contributed by atoms with Gasteiger partial charge in [-0.05, 0) is 50.3 Å². The van der Waals surface area contributed by atoms with Crippen molar-refractivity contribution in [2.45, 2.75) is 65.1 Å². The van der Waals surface area contributed by atoms with Crippen molar-refractivity contribution in [1.29, 1.82) is 0 Å². The summed E-state index contributed by atoms with van der Waals surface area (Å²) in [5, 5.41) is 10.4. The summed E-state index contributed by atoms with van der Waals surface area (Å²) in [6.07, 6.45) is 6.03. The van der Waals surface area contributed by atoms with Crippen molar-refractivity contribution in [3.05, 3.63) is 34.4 Å². The van der Waals surface area contributed by atoms with Crippen molar-refractivity contribution in [3.8, 4) is 0 Å². The standard InChI is InChI=1S/C17H26O2/c1-12-9-13(2)17(14(3)10-12)16(18)11-19-15-7-5-4-6-8-15/h9-10,15-16,18H,4-8,11H2,1-3H3. The Morgan fingerprint density at radius 2 is 1.68 bits per heavy atom. The number of benzene rings is 1. The van der Waals surface area contributed by atoms with E-state index in [9.17, 15) is 5.11 Å². The molecule has 0 spiro atoms. The molecule has 1 saturated carbocycles. The van der Waals surface area contributed by atoms with Crippen LogP contribution in [0.15, 0.2) is 12.1 Å². The van der Waals surface area contributed by atoms with Gasteiger partial charge in [-0.1, -0.05) is 37.0 Å². The van der Waals surface area contributed by atoms with E-state index >= 15 is 0 Å². The Balaban J connectivity index is 1.97. The quantitative estimate of drug-likeness (QED) is 0.889. The fourth-order valence-electron chi connectivity index (χ4n) is 3.26. The molecule has 1 atom stereocenters. The van der Waals surface area contributed by atoms with E-state index in [0.29, 0.717) is 12.7 Å². The maximum atomic E-state index is 10.4. The summed E-state index contributed by atoms with van der Waals surface area (Å²) >= 11 is 0. The van der Waals surface area contributed by atoms with Crippen LogP contribution in [0, 0.1) is 20.8 Å². The van der Waals surface area contributed by atoms with Gasteiger partial charge in [0.25, 0.3) is 0 Å². The van der Waals surface area contributed by atoms with Crippen LogP contribution in [-0.2, 0) is 4.74 Å². The normalized spacial score (nSPS) is 18.5. The van der Waals surface area contributed by atoms with E-state index in [-0.39, 0.29) is 0 Å². The third-order valence-electron chi connectivity index (χ3n) is 4.11. The highest BCUT2D eigenvalue weighted by Gasteiger charge is 2.18. The first-order chi connectivity index (χ1) is 9.08. The number of ether oxygens (including phenoxy) is 1. The first-order valence-corrected chi connectivity index (χ1v) is 7.45. The van der Waals surface area contributed by atoms with Crippen LogP contribution in [-0.4, -0.2) is 17.8 Å². The maximum Gasteiger partial charge on any atom is 0.103 e. The molecule has 0 aliphatic heterocycles. The van der Waals surface area contributed by atoms with Gasteiger partial charge in [0, 0.05) is 0 Å². The first-order valence-electron chi connectivity index (χ1n) is 7.45. The lowest BCUT2D eigenvalue weighted by atomic mass is 9.95. The second-order valence-corrected chi connectivity index (χ2v) is 5.92. The van der Waals surface area contributed by atoms with Gasteiger partial charge in [-0.3, -0.25) is 0 Å². The van der Waals surface area contributed by atoms with Gasteiger partial charge in [0.15, 0.2) is 0 Å². The number of aryl methyl sites for hydroxylation is 3. The van der Waals surface area contributed by atoms with E-state index in [1.54, 1.807) is 0 Å². The molecule has 1 N–H and O–H groups in total. The van der Waals surface area contributed by atoms with Gasteiger partial charge in [0.2, 0.25) is 0 Å². The van der Waals surface area contributed by atoms with Crippen molar-refractivity contribution in [2.24, 2.45) is 0 Å². The zero-order chi connectivity index (χ0) is 13.8. The molecule has 0 aromatic heterocycles. The summed E-state index contributed by atoms with van der Waals surface area (Å²) in [5.41, 5.74) is 4.62. The van der Waals surface area contributed by atoms with Crippen LogP contribution in [0.5, 0.6) is 0 Å². The van der Waals surface area contributed by atoms with Crippen LogP contribution in [0.2, 0.25) is 0 Å². The number of rotatable bonds is 4. The Bertz CT molecular complexity index is 396. The molecule has 1 unspecified atom stereocenters. The summed E-state index contributed by atoms with van der Waals surface area (Å²) in [6, 6.07) is 4.26. The molecular formula is C17H26O2. The van der Waals surface area contributed by atoms with Crippen LogP contribution in [0.25, 0.3) is 0 Å². The Labute approximate surface area is 116 Å². The van der Waals surface area contributed by atoms with Gasteiger partial charge < -0.3 is 9.84 Å². The molecule has 2 nitrogen and oxygen atoms in total. The van der Waals surface area contributed by atoms with E-state index in [1.807, 2.05) is 0 Å². The molecular weight excluding hydrogens is 236 g/mol. The minimum atomic E-state index is -0.498. The summed E-state index contributed by atoms with van der Waals surface area (Å²) in [7, 11) is 0. The lowest BCUT2D eigenvalue weighted by molar-refractivity contribution is -0.0249. The second-order valence-electron chi connectivity index (χ2n) is 5.92. The fourth-order valence-corrected chi connectivity index (χ4v) is 3.26. The monoisotopic (exact) mass is 262 g/mol. The Morgan fingerprint density at radius 1 is 1.11 bits per heavy atom. The predicted octanol–water partition coefficient (Wildman–Crippen LogP) is 3.99. The number of hydrogen-bond acceptors (Lipinski definition) is 2. The van der Waals surface area contributed by atoms with Crippen LogP contribution >= 0.6 is 0 Å². The summed E-state index contributed by atoms with van der Waals surface area (Å²) in [4.78, 5) is 0. The van der Waals surface area contributed by atoms with Gasteiger partial charge in [0.05, 0.1) is 12.7 Å². The van der Waals surface area contributed by atoms with Crippen molar-refractivity contribution < 1.29 is 9.84 Å². The lowest BCUT2D eigenvalue weighted by Gasteiger charge is -2.24. The van der Waals surface area contributed by atoms with Crippen molar-refractivity contribution in [1.82, 2.24) is 0 Å². The largest absolute Gasteiger partial charge is 0.386 e. The molecule has 106 valence electrons. The highest BCUT2D eigenvalue weighted by atomic mass is 16.5. The smallest absolute Gasteiger partial charge is 0.103 e. The molecule has 0 amide bonds. The van der Waals surface area contributed by atoms with E-state index in [4.69, 9.17) is 4.74 Å². The summed E-state index contributed by atoms with van der Waals surface area (Å²) < 4.78 is 5.89. The second kappa shape index (κ2) is 6.53. The maximum absolute atomic E-state index is 10.4. The van der Waals surface area contributed by atoms with Crippen molar-refractivity contribution in [2.75, 3.05) is 6.61 Å². The molecule has 0 radical (unpaired) electrons. The van der Waals surface area contributed by atoms with E-state index in [2.05, 4.69) is 32.9 Å². The number of aliphatic hydroxyl groups is 1. The van der Waals surface area contributed by atoms with E-state index in [0.717, 1.165) is 29.5 Å². The number of aliphatic hydroxyl groups excluding tert-OH is 1. The molecule has 1 aromatic rings. The van der Waals surface area contributed by atoms with Crippen LogP contribution in [0.1, 0.15) is 60.5 Å². The number of hydrogen-bond donors (Lipinski definition) is 1. The molecule has 2 rings (SSSR count). The van der Waals surface area contributed by atoms with Gasteiger partial charge in [0.1, 0.15) is 6.10 Å². The summed E-state index contributed by atoms with van der Waals surface area (Å²) in [5.74, 6) is 0. The Kier molecular flexibility index (Phi) is 5.00. The lowest BCUT2D eigenvalue weighted by Crippen LogP contribution is -2.20. The SMILES string of the molecule is Cc1cc(C)c(C(O)COC2CCCCC2)c(C)c1. The highest BCUT2D eigenvalue weighted by Crippen LogP contribution is 2.26. The third-order valence-corrected chi connectivity index (χ3v) is 4.11. The molecule has 0 saturated heterocycles. The molecule has 0 bridgehead atoms. The molecule has 0 heterocycles. The first kappa shape index (κ1) is 14.5. The van der Waals surface area contributed by atoms with E-state index in [1.165, 1.54) is 24.8 Å². The molecule has 1 fully saturated rings. The van der Waals surface area contributed by atoms with Gasteiger partial charge in [-0.15, -0.1) is 0 Å². The van der Waals surface area contributed by atoms with Gasteiger partial charge in [-0.25, -0.2) is 0 Å². The molecule has 2 heteroatoms. The Morgan fingerprint density at radius 3 is 2.26 bits per heavy atom. The third kappa shape index (κ3) is 3.80. The topological polar surface area (TPSA) is 29.5 Å². The zero-order valence-electron chi connectivity index (χ0n) is 12.4. The van der Waals surface area contributed by atoms with E-state index < -0.39 is 6.10 Å². The van der Waals surface area contributed by atoms with Crippen molar-refractivity contribution >= 4 is 0 Å². The minimum absolute atomic E-state index is 0.356. The molecule has 1 aliphatic rings.